The van der Waals surface area contributed by atoms with Crippen LogP contribution >= 0.6 is 0 Å². The summed E-state index contributed by atoms with van der Waals surface area (Å²) in [6, 6.07) is -0.308. The van der Waals surface area contributed by atoms with Gasteiger partial charge in [-0.3, -0.25) is 9.59 Å². The van der Waals surface area contributed by atoms with E-state index in [1.165, 1.54) is 0 Å². The van der Waals surface area contributed by atoms with Crippen LogP contribution < -0.4 is 5.73 Å². The summed E-state index contributed by atoms with van der Waals surface area (Å²) in [6.45, 7) is 0. The molecule has 0 spiro atoms. The van der Waals surface area contributed by atoms with Gasteiger partial charge in [0, 0.05) is 12.5 Å². The van der Waals surface area contributed by atoms with Gasteiger partial charge in [0.15, 0.2) is 0 Å². The van der Waals surface area contributed by atoms with E-state index in [-0.39, 0.29) is 18.9 Å². The summed E-state index contributed by atoms with van der Waals surface area (Å²) in [6.07, 6.45) is 3.02. The van der Waals surface area contributed by atoms with E-state index in [9.17, 15) is 9.59 Å². The summed E-state index contributed by atoms with van der Waals surface area (Å²) in [5.74, 6) is -1.68. The summed E-state index contributed by atoms with van der Waals surface area (Å²) in [4.78, 5) is 20.4. The molecule has 0 rings (SSSR count). The Morgan fingerprint density at radius 1 is 1.07 bits per heavy atom. The molecule has 0 aromatic carbocycles. The lowest BCUT2D eigenvalue weighted by atomic mass is 10.1. The van der Waals surface area contributed by atoms with Crippen molar-refractivity contribution in [2.24, 2.45) is 5.73 Å². The van der Waals surface area contributed by atoms with Gasteiger partial charge in [0.1, 0.15) is 0 Å². The third-order valence-corrected chi connectivity index (χ3v) is 1.90. The lowest BCUT2D eigenvalue weighted by Crippen LogP contribution is -2.23. The molecule has 5 nitrogen and oxygen atoms in total. The maximum atomic E-state index is 10.2. The number of rotatable bonds is 8. The second-order valence-corrected chi connectivity index (χ2v) is 3.35. The van der Waals surface area contributed by atoms with Gasteiger partial charge in [-0.15, -0.1) is 0 Å². The number of carboxylic acids is 2. The van der Waals surface area contributed by atoms with Crippen LogP contribution in [0.4, 0.5) is 0 Å². The second-order valence-electron chi connectivity index (χ2n) is 3.35. The van der Waals surface area contributed by atoms with Crippen molar-refractivity contribution in [3.8, 4) is 0 Å². The zero-order chi connectivity index (χ0) is 11.0. The van der Waals surface area contributed by atoms with Crippen molar-refractivity contribution < 1.29 is 19.8 Å². The van der Waals surface area contributed by atoms with Crippen LogP contribution in [0.3, 0.4) is 0 Å². The van der Waals surface area contributed by atoms with Gasteiger partial charge in [0.2, 0.25) is 0 Å². The van der Waals surface area contributed by atoms with Crippen molar-refractivity contribution in [1.82, 2.24) is 0 Å². The number of unbranched alkanes of at least 4 members (excludes halogenated alkanes) is 2. The van der Waals surface area contributed by atoms with Crippen LogP contribution in [0.5, 0.6) is 0 Å². The van der Waals surface area contributed by atoms with Gasteiger partial charge in [0.05, 0.1) is 6.42 Å². The van der Waals surface area contributed by atoms with Crippen LogP contribution in [-0.4, -0.2) is 28.2 Å². The third kappa shape index (κ3) is 8.99. The summed E-state index contributed by atoms with van der Waals surface area (Å²) in [5.41, 5.74) is 5.52. The van der Waals surface area contributed by atoms with Crippen LogP contribution in [0.2, 0.25) is 0 Å². The number of hydrogen-bond donors (Lipinski definition) is 3. The largest absolute Gasteiger partial charge is 0.481 e. The molecule has 14 heavy (non-hydrogen) atoms. The monoisotopic (exact) mass is 203 g/mol. The lowest BCUT2D eigenvalue weighted by molar-refractivity contribution is -0.138. The van der Waals surface area contributed by atoms with Gasteiger partial charge >= 0.3 is 11.9 Å². The summed E-state index contributed by atoms with van der Waals surface area (Å²) < 4.78 is 0. The Hall–Kier alpha value is -1.10. The van der Waals surface area contributed by atoms with E-state index in [0.717, 1.165) is 12.8 Å². The first-order valence-electron chi connectivity index (χ1n) is 4.71. The zero-order valence-corrected chi connectivity index (χ0v) is 8.11. The van der Waals surface area contributed by atoms with Crippen molar-refractivity contribution in [3.63, 3.8) is 0 Å². The number of carbonyl (C=O) groups is 2. The highest BCUT2D eigenvalue weighted by molar-refractivity contribution is 5.67. The molecule has 0 radical (unpaired) electrons. The minimum Gasteiger partial charge on any atom is -0.481 e. The number of aliphatic carboxylic acids is 2. The molecule has 0 aliphatic carbocycles. The van der Waals surface area contributed by atoms with Crippen molar-refractivity contribution in [3.05, 3.63) is 0 Å². The molecule has 1 atom stereocenters. The fourth-order valence-corrected chi connectivity index (χ4v) is 1.19. The first kappa shape index (κ1) is 12.9. The predicted molar refractivity (Wildman–Crippen MR) is 50.9 cm³/mol. The molecule has 5 heteroatoms. The van der Waals surface area contributed by atoms with E-state index in [0.29, 0.717) is 12.8 Å². The summed E-state index contributed by atoms with van der Waals surface area (Å²) in [7, 11) is 0. The van der Waals surface area contributed by atoms with E-state index in [4.69, 9.17) is 15.9 Å². The molecule has 0 aromatic heterocycles. The average Bonchev–Trinajstić information content (AvgIpc) is 2.01. The molecule has 0 aromatic rings. The Bertz CT molecular complexity index is 193. The van der Waals surface area contributed by atoms with Gasteiger partial charge in [-0.25, -0.2) is 0 Å². The van der Waals surface area contributed by atoms with Crippen molar-refractivity contribution in [2.45, 2.75) is 44.6 Å². The van der Waals surface area contributed by atoms with Gasteiger partial charge in [-0.05, 0) is 12.8 Å². The Morgan fingerprint density at radius 2 is 1.71 bits per heavy atom. The smallest absolute Gasteiger partial charge is 0.304 e. The Morgan fingerprint density at radius 3 is 2.21 bits per heavy atom. The van der Waals surface area contributed by atoms with E-state index in [1.807, 2.05) is 0 Å². The van der Waals surface area contributed by atoms with Crippen molar-refractivity contribution >= 4 is 11.9 Å². The fraction of sp³-hybridized carbons (Fsp3) is 0.778. The fourth-order valence-electron chi connectivity index (χ4n) is 1.19. The molecule has 82 valence electrons. The highest BCUT2D eigenvalue weighted by atomic mass is 16.4. The van der Waals surface area contributed by atoms with Gasteiger partial charge < -0.3 is 15.9 Å². The molecule has 0 amide bonds. The first-order valence-corrected chi connectivity index (χ1v) is 4.71. The maximum Gasteiger partial charge on any atom is 0.304 e. The quantitative estimate of drug-likeness (QED) is 0.507. The predicted octanol–water partition coefficient (Wildman–Crippen LogP) is 0.823. The number of hydrogen-bond acceptors (Lipinski definition) is 3. The molecule has 0 aliphatic heterocycles. The molecule has 4 N–H and O–H groups in total. The first-order chi connectivity index (χ1) is 6.52. The van der Waals surface area contributed by atoms with Crippen LogP contribution in [0.15, 0.2) is 0 Å². The third-order valence-electron chi connectivity index (χ3n) is 1.90. The van der Waals surface area contributed by atoms with E-state index < -0.39 is 11.9 Å². The van der Waals surface area contributed by atoms with Crippen LogP contribution in [-0.2, 0) is 9.59 Å². The molecular formula is C9H17NO4. The molecular weight excluding hydrogens is 186 g/mol. The van der Waals surface area contributed by atoms with Crippen LogP contribution in [0.1, 0.15) is 38.5 Å². The number of nitrogens with two attached hydrogens (primary N) is 1. The molecule has 0 fully saturated rings. The Balaban J connectivity index is 3.27. The highest BCUT2D eigenvalue weighted by Crippen LogP contribution is 2.06. The lowest BCUT2D eigenvalue weighted by Gasteiger charge is -2.07. The highest BCUT2D eigenvalue weighted by Gasteiger charge is 2.07. The van der Waals surface area contributed by atoms with Crippen LogP contribution in [0, 0.1) is 0 Å². The van der Waals surface area contributed by atoms with E-state index >= 15 is 0 Å². The molecule has 0 heterocycles. The molecule has 0 aliphatic rings. The van der Waals surface area contributed by atoms with Gasteiger partial charge in [-0.1, -0.05) is 12.8 Å². The number of carboxylic acid groups (broad SMARTS) is 2. The standard InChI is InChI=1S/C9H17NO4/c10-7(6-9(13)14)4-2-1-3-5-8(11)12/h7H,1-6,10H2,(H,11,12)(H,13,14). The topological polar surface area (TPSA) is 101 Å². The molecule has 1 unspecified atom stereocenters. The zero-order valence-electron chi connectivity index (χ0n) is 8.11. The molecule has 0 bridgehead atoms. The van der Waals surface area contributed by atoms with E-state index in [2.05, 4.69) is 0 Å². The summed E-state index contributed by atoms with van der Waals surface area (Å²) in [5, 5.41) is 16.7. The minimum absolute atomic E-state index is 0.0149. The average molecular weight is 203 g/mol. The van der Waals surface area contributed by atoms with E-state index in [1.54, 1.807) is 0 Å². The maximum absolute atomic E-state index is 10.2. The minimum atomic E-state index is -0.886. The van der Waals surface area contributed by atoms with Crippen LogP contribution in [0.25, 0.3) is 0 Å². The van der Waals surface area contributed by atoms with Crippen molar-refractivity contribution in [2.75, 3.05) is 0 Å². The van der Waals surface area contributed by atoms with Gasteiger partial charge in [-0.2, -0.15) is 0 Å². The second kappa shape index (κ2) is 7.32. The SMILES string of the molecule is NC(CCCCCC(=O)O)CC(=O)O. The normalized spacial score (nSPS) is 12.4. The Kier molecular flexibility index (Phi) is 6.74. The molecule has 0 saturated carbocycles. The Labute approximate surface area is 82.9 Å². The summed E-state index contributed by atoms with van der Waals surface area (Å²) >= 11 is 0. The van der Waals surface area contributed by atoms with Crippen molar-refractivity contribution in [1.29, 1.82) is 0 Å². The van der Waals surface area contributed by atoms with Gasteiger partial charge in [0.25, 0.3) is 0 Å². The molecule has 0 saturated heterocycles.